The van der Waals surface area contributed by atoms with Crippen molar-refractivity contribution in [1.82, 2.24) is 10.2 Å². The number of hydrogen-bond acceptors (Lipinski definition) is 3. The fourth-order valence-electron chi connectivity index (χ4n) is 2.56. The van der Waals surface area contributed by atoms with Crippen molar-refractivity contribution in [1.29, 1.82) is 0 Å². The molecule has 0 aromatic carbocycles. The molecule has 2 heterocycles. The minimum Gasteiger partial charge on any atom is -0.392 e. The van der Waals surface area contributed by atoms with Crippen molar-refractivity contribution >= 4 is 0 Å². The van der Waals surface area contributed by atoms with Crippen LogP contribution in [0.3, 0.4) is 0 Å². The van der Waals surface area contributed by atoms with Crippen LogP contribution in [0, 0.1) is 5.92 Å². The second kappa shape index (κ2) is 3.95. The van der Waals surface area contributed by atoms with Gasteiger partial charge >= 0.3 is 0 Å². The van der Waals surface area contributed by atoms with E-state index in [1.807, 2.05) is 6.92 Å². The lowest BCUT2D eigenvalue weighted by molar-refractivity contribution is 0.103. The molecule has 3 heteroatoms. The number of nitrogens with one attached hydrogen (secondary N) is 1. The smallest absolute Gasteiger partial charge is 0.0664 e. The highest BCUT2D eigenvalue weighted by molar-refractivity contribution is 4.94. The minimum atomic E-state index is -0.126. The van der Waals surface area contributed by atoms with Crippen LogP contribution in [0.5, 0.6) is 0 Å². The molecular formula is C10H20N2O. The Balaban J connectivity index is 1.86. The predicted molar refractivity (Wildman–Crippen MR) is 52.6 cm³/mol. The van der Waals surface area contributed by atoms with Crippen LogP contribution in [0.4, 0.5) is 0 Å². The van der Waals surface area contributed by atoms with Gasteiger partial charge in [-0.25, -0.2) is 0 Å². The highest BCUT2D eigenvalue weighted by Gasteiger charge is 2.37. The van der Waals surface area contributed by atoms with Gasteiger partial charge in [0.1, 0.15) is 0 Å². The lowest BCUT2D eigenvalue weighted by Gasteiger charge is -2.25. The van der Waals surface area contributed by atoms with Crippen LogP contribution in [0.15, 0.2) is 0 Å². The maximum atomic E-state index is 9.58. The first kappa shape index (κ1) is 9.44. The number of aliphatic hydroxyl groups is 1. The van der Waals surface area contributed by atoms with Crippen molar-refractivity contribution in [2.75, 3.05) is 26.2 Å². The van der Waals surface area contributed by atoms with Gasteiger partial charge in [0.15, 0.2) is 0 Å². The van der Waals surface area contributed by atoms with Crippen LogP contribution >= 0.6 is 0 Å². The molecule has 3 nitrogen and oxygen atoms in total. The molecule has 2 fully saturated rings. The van der Waals surface area contributed by atoms with E-state index in [0.29, 0.717) is 6.04 Å². The maximum Gasteiger partial charge on any atom is 0.0664 e. The van der Waals surface area contributed by atoms with Crippen molar-refractivity contribution in [2.45, 2.75) is 31.9 Å². The van der Waals surface area contributed by atoms with Crippen LogP contribution in [0.1, 0.15) is 19.8 Å². The second-order valence-corrected chi connectivity index (χ2v) is 4.33. The third-order valence-corrected chi connectivity index (χ3v) is 3.48. The largest absolute Gasteiger partial charge is 0.392 e. The second-order valence-electron chi connectivity index (χ2n) is 4.33. The summed E-state index contributed by atoms with van der Waals surface area (Å²) < 4.78 is 0. The summed E-state index contributed by atoms with van der Waals surface area (Å²) in [5.41, 5.74) is 0. The van der Waals surface area contributed by atoms with Gasteiger partial charge in [-0.1, -0.05) is 6.92 Å². The molecule has 1 unspecified atom stereocenters. The molecule has 76 valence electrons. The number of fused-ring (bicyclic) bond motifs is 1. The van der Waals surface area contributed by atoms with Gasteiger partial charge in [0.05, 0.1) is 6.10 Å². The Labute approximate surface area is 80.1 Å². The van der Waals surface area contributed by atoms with Gasteiger partial charge in [0.2, 0.25) is 0 Å². The minimum absolute atomic E-state index is 0.126. The summed E-state index contributed by atoms with van der Waals surface area (Å²) >= 11 is 0. The lowest BCUT2D eigenvalue weighted by Crippen LogP contribution is -2.39. The van der Waals surface area contributed by atoms with Crippen LogP contribution in [0.2, 0.25) is 0 Å². The van der Waals surface area contributed by atoms with Crippen LogP contribution in [0.25, 0.3) is 0 Å². The van der Waals surface area contributed by atoms with Gasteiger partial charge in [-0.15, -0.1) is 0 Å². The average Bonchev–Trinajstić information content (AvgIpc) is 2.69. The molecule has 2 rings (SSSR count). The van der Waals surface area contributed by atoms with Crippen molar-refractivity contribution in [3.05, 3.63) is 0 Å². The molecule has 0 saturated carbocycles. The predicted octanol–water partition coefficient (Wildman–Crippen LogP) is 0.0510. The number of β-amino-alcohol motifs (C(OH)–C–C–N with tert-alkyl or cyclic N) is 1. The van der Waals surface area contributed by atoms with E-state index in [-0.39, 0.29) is 6.10 Å². The molecule has 0 bridgehead atoms. The zero-order valence-corrected chi connectivity index (χ0v) is 8.37. The zero-order chi connectivity index (χ0) is 9.26. The Hall–Kier alpha value is -0.120. The zero-order valence-electron chi connectivity index (χ0n) is 8.37. The Morgan fingerprint density at radius 2 is 2.38 bits per heavy atom. The standard InChI is InChI=1S/C10H20N2O/c1-2-9(13)7-12-4-3-8-5-11-6-10(8)12/h8-11,13H,2-7H2,1H3/t8-,9?,10+/m1/s1. The Kier molecular flexibility index (Phi) is 2.86. The van der Waals surface area contributed by atoms with Gasteiger partial charge in [-0.05, 0) is 31.8 Å². The van der Waals surface area contributed by atoms with E-state index >= 15 is 0 Å². The number of aliphatic hydroxyl groups excluding tert-OH is 1. The summed E-state index contributed by atoms with van der Waals surface area (Å²) in [4.78, 5) is 2.46. The molecule has 2 N–H and O–H groups in total. The molecule has 0 aromatic rings. The lowest BCUT2D eigenvalue weighted by atomic mass is 10.1. The van der Waals surface area contributed by atoms with E-state index < -0.39 is 0 Å². The number of rotatable bonds is 3. The van der Waals surface area contributed by atoms with Gasteiger partial charge < -0.3 is 10.4 Å². The fraction of sp³-hybridized carbons (Fsp3) is 1.00. The molecule has 2 aliphatic heterocycles. The summed E-state index contributed by atoms with van der Waals surface area (Å²) in [5.74, 6) is 0.851. The summed E-state index contributed by atoms with van der Waals surface area (Å²) in [6.45, 7) is 6.42. The first-order valence-corrected chi connectivity index (χ1v) is 5.44. The molecule has 0 aromatic heterocycles. The van der Waals surface area contributed by atoms with Gasteiger partial charge in [-0.2, -0.15) is 0 Å². The van der Waals surface area contributed by atoms with Crippen molar-refractivity contribution < 1.29 is 5.11 Å². The van der Waals surface area contributed by atoms with Gasteiger partial charge in [0, 0.05) is 19.1 Å². The van der Waals surface area contributed by atoms with Gasteiger partial charge in [-0.3, -0.25) is 4.90 Å². The van der Waals surface area contributed by atoms with Crippen molar-refractivity contribution in [3.8, 4) is 0 Å². The third kappa shape index (κ3) is 1.87. The summed E-state index contributed by atoms with van der Waals surface area (Å²) in [5, 5.41) is 13.0. The van der Waals surface area contributed by atoms with E-state index in [9.17, 15) is 5.11 Å². The average molecular weight is 184 g/mol. The molecule has 3 atom stereocenters. The summed E-state index contributed by atoms with van der Waals surface area (Å²) in [7, 11) is 0. The normalized spacial score (nSPS) is 36.5. The molecule has 0 radical (unpaired) electrons. The first-order chi connectivity index (χ1) is 6.31. The number of likely N-dealkylation sites (tertiary alicyclic amines) is 1. The summed E-state index contributed by atoms with van der Waals surface area (Å²) in [6, 6.07) is 0.709. The van der Waals surface area contributed by atoms with E-state index in [2.05, 4.69) is 10.2 Å². The van der Waals surface area contributed by atoms with Gasteiger partial charge in [0.25, 0.3) is 0 Å². The van der Waals surface area contributed by atoms with E-state index in [1.54, 1.807) is 0 Å². The Morgan fingerprint density at radius 1 is 1.54 bits per heavy atom. The monoisotopic (exact) mass is 184 g/mol. The fourth-order valence-corrected chi connectivity index (χ4v) is 2.56. The van der Waals surface area contributed by atoms with Crippen molar-refractivity contribution in [2.24, 2.45) is 5.92 Å². The highest BCUT2D eigenvalue weighted by atomic mass is 16.3. The van der Waals surface area contributed by atoms with Crippen molar-refractivity contribution in [3.63, 3.8) is 0 Å². The van der Waals surface area contributed by atoms with Crippen LogP contribution < -0.4 is 5.32 Å². The van der Waals surface area contributed by atoms with E-state index in [1.165, 1.54) is 19.5 Å². The molecule has 0 aliphatic carbocycles. The highest BCUT2D eigenvalue weighted by Crippen LogP contribution is 2.27. The molecule has 0 amide bonds. The van der Waals surface area contributed by atoms with Crippen LogP contribution in [-0.4, -0.2) is 48.3 Å². The molecule has 0 spiro atoms. The van der Waals surface area contributed by atoms with E-state index in [4.69, 9.17) is 0 Å². The Morgan fingerprint density at radius 3 is 3.15 bits per heavy atom. The number of nitrogens with zero attached hydrogens (tertiary/aromatic N) is 1. The summed E-state index contributed by atoms with van der Waals surface area (Å²) in [6.07, 6.45) is 2.06. The first-order valence-electron chi connectivity index (χ1n) is 5.44. The molecule has 2 saturated heterocycles. The molecular weight excluding hydrogens is 164 g/mol. The maximum absolute atomic E-state index is 9.58. The van der Waals surface area contributed by atoms with E-state index in [0.717, 1.165) is 25.4 Å². The Bertz CT molecular complexity index is 174. The number of hydrogen-bond donors (Lipinski definition) is 2. The molecule has 13 heavy (non-hydrogen) atoms. The quantitative estimate of drug-likeness (QED) is 0.650. The molecule has 2 aliphatic rings. The SMILES string of the molecule is CCC(O)CN1CC[C@@H]2CNC[C@@H]21. The third-order valence-electron chi connectivity index (χ3n) is 3.48. The van der Waals surface area contributed by atoms with Crippen LogP contribution in [-0.2, 0) is 0 Å². The topological polar surface area (TPSA) is 35.5 Å².